The molecule has 0 spiro atoms. The molecule has 1 saturated carbocycles. The summed E-state index contributed by atoms with van der Waals surface area (Å²) < 4.78 is 125. The van der Waals surface area contributed by atoms with E-state index in [1.165, 1.54) is 6.07 Å². The Balaban J connectivity index is 1.65. The van der Waals surface area contributed by atoms with Crippen LogP contribution in [0.2, 0.25) is 0 Å². The Labute approximate surface area is 211 Å². The lowest BCUT2D eigenvalue weighted by Crippen LogP contribution is -2.45. The number of rotatable bonds is 8. The smallest absolute Gasteiger partial charge is 0.416 e. The van der Waals surface area contributed by atoms with E-state index in [4.69, 9.17) is 4.74 Å². The molecule has 1 fully saturated rings. The average Bonchev–Trinajstić information content (AvgIpc) is 3.66. The van der Waals surface area contributed by atoms with Crippen molar-refractivity contribution in [3.63, 3.8) is 0 Å². The summed E-state index contributed by atoms with van der Waals surface area (Å²) in [6.45, 7) is 0.224. The summed E-state index contributed by atoms with van der Waals surface area (Å²) in [7, 11) is 0. The maximum atomic E-state index is 13.5. The minimum atomic E-state index is -5.02. The molecule has 1 aliphatic heterocycles. The topological polar surface area (TPSA) is 41.6 Å². The van der Waals surface area contributed by atoms with Gasteiger partial charge in [-0.05, 0) is 72.7 Å². The van der Waals surface area contributed by atoms with Crippen LogP contribution >= 0.6 is 0 Å². The summed E-state index contributed by atoms with van der Waals surface area (Å²) >= 11 is 0. The number of benzene rings is 2. The zero-order chi connectivity index (χ0) is 27.9. The highest BCUT2D eigenvalue weighted by Crippen LogP contribution is 2.44. The molecule has 2 aliphatic rings. The van der Waals surface area contributed by atoms with Gasteiger partial charge in [-0.1, -0.05) is 0 Å². The highest BCUT2D eigenvalue weighted by molar-refractivity contribution is 5.60. The molecular formula is C25H23F9N2O2. The number of hydrogen-bond donors (Lipinski definition) is 1. The van der Waals surface area contributed by atoms with Gasteiger partial charge in [-0.3, -0.25) is 4.79 Å². The van der Waals surface area contributed by atoms with Crippen LogP contribution in [0.25, 0.3) is 0 Å². The van der Waals surface area contributed by atoms with Crippen molar-refractivity contribution in [2.45, 2.75) is 56.4 Å². The predicted octanol–water partition coefficient (Wildman–Crippen LogP) is 6.74. The molecule has 208 valence electrons. The van der Waals surface area contributed by atoms with E-state index < -0.39 is 47.8 Å². The monoisotopic (exact) mass is 554 g/mol. The van der Waals surface area contributed by atoms with Gasteiger partial charge in [0.25, 0.3) is 6.47 Å². The highest BCUT2D eigenvalue weighted by Gasteiger charge is 2.41. The second-order valence-electron chi connectivity index (χ2n) is 9.44. The largest absolute Gasteiger partial charge is 0.466 e. The molecule has 1 heterocycles. The number of fused-ring (bicyclic) bond motifs is 1. The van der Waals surface area contributed by atoms with Crippen molar-refractivity contribution in [2.24, 2.45) is 5.92 Å². The maximum Gasteiger partial charge on any atom is 0.416 e. The van der Waals surface area contributed by atoms with Crippen LogP contribution in [0.1, 0.15) is 53.1 Å². The van der Waals surface area contributed by atoms with E-state index >= 15 is 0 Å². The van der Waals surface area contributed by atoms with E-state index in [0.717, 1.165) is 25.0 Å². The van der Waals surface area contributed by atoms with Gasteiger partial charge in [0.1, 0.15) is 6.61 Å². The van der Waals surface area contributed by atoms with Crippen LogP contribution in [0.15, 0.2) is 36.4 Å². The first kappa shape index (κ1) is 28.1. The molecule has 2 unspecified atom stereocenters. The number of halogens is 9. The first-order chi connectivity index (χ1) is 17.7. The number of anilines is 1. The molecule has 1 N–H and O–H groups in total. The zero-order valence-electron chi connectivity index (χ0n) is 19.7. The van der Waals surface area contributed by atoms with Crippen LogP contribution in [0.4, 0.5) is 45.2 Å². The standard InChI is InChI=1S/C25H23F9N2O2/c26-23(27,28)16-3-4-21-19(10-16)20(5-6-36(21)22(12-38-13-37)15-1-2-15)35-11-14-7-17(24(29,30)31)9-18(8-14)25(32,33)34/h3-4,7-10,13,15,20,22,35H,1-2,5-6,11-12H2. The van der Waals surface area contributed by atoms with Crippen molar-refractivity contribution in [1.29, 1.82) is 0 Å². The lowest BCUT2D eigenvalue weighted by Gasteiger charge is -2.41. The van der Waals surface area contributed by atoms with Gasteiger partial charge in [0.2, 0.25) is 0 Å². The number of carbonyl (C=O) groups is 1. The third kappa shape index (κ3) is 6.36. The first-order valence-corrected chi connectivity index (χ1v) is 11.7. The molecule has 0 aromatic heterocycles. The summed E-state index contributed by atoms with van der Waals surface area (Å²) in [4.78, 5) is 12.6. The molecule has 2 atom stereocenters. The van der Waals surface area contributed by atoms with Gasteiger partial charge >= 0.3 is 18.5 Å². The van der Waals surface area contributed by atoms with Crippen LogP contribution in [0.5, 0.6) is 0 Å². The van der Waals surface area contributed by atoms with Crippen molar-refractivity contribution >= 4 is 12.2 Å². The fourth-order valence-electron chi connectivity index (χ4n) is 4.83. The van der Waals surface area contributed by atoms with E-state index in [2.05, 4.69) is 5.32 Å². The second-order valence-corrected chi connectivity index (χ2v) is 9.44. The van der Waals surface area contributed by atoms with E-state index in [9.17, 15) is 44.3 Å². The van der Waals surface area contributed by atoms with Crippen LogP contribution in [0.3, 0.4) is 0 Å². The lowest BCUT2D eigenvalue weighted by molar-refractivity contribution is -0.143. The molecule has 38 heavy (non-hydrogen) atoms. The predicted molar refractivity (Wildman–Crippen MR) is 118 cm³/mol. The van der Waals surface area contributed by atoms with Crippen molar-refractivity contribution in [3.8, 4) is 0 Å². The molecular weight excluding hydrogens is 531 g/mol. The molecule has 1 aliphatic carbocycles. The number of ether oxygens (including phenoxy) is 1. The molecule has 13 heteroatoms. The van der Waals surface area contributed by atoms with Crippen molar-refractivity contribution < 1.29 is 49.0 Å². The number of carbonyl (C=O) groups excluding carboxylic acids is 1. The third-order valence-corrected chi connectivity index (χ3v) is 6.80. The molecule has 2 aromatic rings. The van der Waals surface area contributed by atoms with Gasteiger partial charge in [0.15, 0.2) is 0 Å². The van der Waals surface area contributed by atoms with E-state index in [1.807, 2.05) is 4.90 Å². The fourth-order valence-corrected chi connectivity index (χ4v) is 4.83. The molecule has 0 bridgehead atoms. The van der Waals surface area contributed by atoms with Gasteiger partial charge in [-0.2, -0.15) is 39.5 Å². The zero-order valence-corrected chi connectivity index (χ0v) is 19.7. The van der Waals surface area contributed by atoms with E-state index in [0.29, 0.717) is 30.8 Å². The summed E-state index contributed by atoms with van der Waals surface area (Å²) in [5.41, 5.74) is -3.53. The number of nitrogens with zero attached hydrogens (tertiary/aromatic N) is 1. The van der Waals surface area contributed by atoms with Gasteiger partial charge in [-0.15, -0.1) is 0 Å². The van der Waals surface area contributed by atoms with Crippen LogP contribution < -0.4 is 10.2 Å². The Morgan fingerprint density at radius 3 is 2.00 bits per heavy atom. The average molecular weight is 554 g/mol. The Morgan fingerprint density at radius 1 is 0.868 bits per heavy atom. The van der Waals surface area contributed by atoms with Crippen LogP contribution in [0, 0.1) is 5.92 Å². The highest BCUT2D eigenvalue weighted by atomic mass is 19.4. The molecule has 4 rings (SSSR count). The Bertz CT molecular complexity index is 1120. The van der Waals surface area contributed by atoms with Gasteiger partial charge in [0.05, 0.1) is 22.7 Å². The number of alkyl halides is 9. The van der Waals surface area contributed by atoms with Crippen molar-refractivity contribution in [3.05, 3.63) is 64.2 Å². The molecule has 0 saturated heterocycles. The van der Waals surface area contributed by atoms with Crippen LogP contribution in [-0.4, -0.2) is 25.7 Å². The fraction of sp³-hybridized carbons (Fsp3) is 0.480. The summed E-state index contributed by atoms with van der Waals surface area (Å²) in [6, 6.07) is 3.31. The first-order valence-electron chi connectivity index (χ1n) is 11.7. The summed E-state index contributed by atoms with van der Waals surface area (Å²) in [5.74, 6) is 0.181. The van der Waals surface area contributed by atoms with Gasteiger partial charge in [-0.25, -0.2) is 0 Å². The van der Waals surface area contributed by atoms with Crippen molar-refractivity contribution in [2.75, 3.05) is 18.1 Å². The summed E-state index contributed by atoms with van der Waals surface area (Å²) in [6.07, 6.45) is -12.8. The molecule has 4 nitrogen and oxygen atoms in total. The van der Waals surface area contributed by atoms with Crippen molar-refractivity contribution in [1.82, 2.24) is 5.32 Å². The lowest BCUT2D eigenvalue weighted by atomic mass is 9.92. The minimum Gasteiger partial charge on any atom is -0.466 e. The van der Waals surface area contributed by atoms with E-state index in [-0.39, 0.29) is 42.2 Å². The normalized spacial score (nSPS) is 19.2. The van der Waals surface area contributed by atoms with Gasteiger partial charge in [0, 0.05) is 24.8 Å². The minimum absolute atomic E-state index is 0.0202. The Morgan fingerprint density at radius 2 is 1.47 bits per heavy atom. The quantitative estimate of drug-likeness (QED) is 0.290. The Kier molecular flexibility index (Phi) is 7.61. The third-order valence-electron chi connectivity index (χ3n) is 6.80. The molecule has 2 aromatic carbocycles. The number of hydrogen-bond acceptors (Lipinski definition) is 4. The van der Waals surface area contributed by atoms with Crippen LogP contribution in [-0.2, 0) is 34.6 Å². The maximum absolute atomic E-state index is 13.5. The SMILES string of the molecule is O=COCC(C1CC1)N1CCC(NCc2cc(C(F)(F)F)cc(C(F)(F)F)c2)c2cc(C(F)(F)F)ccc21. The Hall–Kier alpha value is -2.96. The second kappa shape index (κ2) is 10.3. The molecule has 0 amide bonds. The summed E-state index contributed by atoms with van der Waals surface area (Å²) in [5, 5.41) is 2.86. The number of nitrogens with one attached hydrogen (secondary N) is 1. The van der Waals surface area contributed by atoms with Gasteiger partial charge < -0.3 is 15.0 Å². The van der Waals surface area contributed by atoms with E-state index in [1.54, 1.807) is 0 Å². The molecule has 0 radical (unpaired) electrons.